The topological polar surface area (TPSA) is 269 Å². The fraction of sp³-hybridized carbons (Fsp3) is 1.00. The van der Waals surface area contributed by atoms with Crippen LogP contribution in [0.15, 0.2) is 0 Å². The highest BCUT2D eigenvalue weighted by Crippen LogP contribution is 2.32. The van der Waals surface area contributed by atoms with Crippen molar-refractivity contribution in [2.45, 2.75) is 92.1 Å². The third-order valence-electron chi connectivity index (χ3n) is 6.10. The van der Waals surface area contributed by atoms with Gasteiger partial charge in [0.15, 0.2) is 18.9 Å². The first kappa shape index (κ1) is 27.9. The normalized spacial score (nSPS) is 52.5. The first-order valence-electron chi connectivity index (χ1n) is 10.6. The smallest absolute Gasteiger partial charge is 0.187 e. The Morgan fingerprint density at radius 1 is 0.441 bits per heavy atom. The van der Waals surface area contributed by atoms with Crippen molar-refractivity contribution >= 4 is 0 Å². The summed E-state index contributed by atoms with van der Waals surface area (Å²) in [6.45, 7) is -2.30. The molecule has 3 aliphatic heterocycles. The average Bonchev–Trinajstić information content (AvgIpc) is 2.82. The Morgan fingerprint density at radius 3 is 1.44 bits per heavy atom. The molecule has 15 atom stereocenters. The van der Waals surface area contributed by atoms with Gasteiger partial charge in [-0.3, -0.25) is 0 Å². The zero-order chi connectivity index (χ0) is 25.3. The summed E-state index contributed by atoms with van der Waals surface area (Å²) in [6.07, 6.45) is -25.5. The van der Waals surface area contributed by atoms with Crippen LogP contribution >= 0.6 is 0 Å². The number of aliphatic hydroxyl groups excluding tert-OH is 11. The van der Waals surface area contributed by atoms with Crippen LogP contribution in [0.5, 0.6) is 0 Å². The molecule has 2 unspecified atom stereocenters. The minimum absolute atomic E-state index is 0.724. The summed E-state index contributed by atoms with van der Waals surface area (Å²) in [5, 5.41) is 110. The Labute approximate surface area is 192 Å². The molecule has 0 amide bonds. The monoisotopic (exact) mass is 504 g/mol. The van der Waals surface area contributed by atoms with Gasteiger partial charge in [0, 0.05) is 0 Å². The van der Waals surface area contributed by atoms with Crippen molar-refractivity contribution in [3.8, 4) is 0 Å². The van der Waals surface area contributed by atoms with Gasteiger partial charge in [0.05, 0.1) is 19.8 Å². The van der Waals surface area contributed by atoms with E-state index in [0.717, 1.165) is 0 Å². The number of rotatable bonds is 7. The second-order valence-electron chi connectivity index (χ2n) is 8.33. The second-order valence-corrected chi connectivity index (χ2v) is 8.33. The standard InChI is InChI=1S/C18H32O16/c19-1-4-8(23)11(26)15(16(29)30-4)34-18-13(28)14(9(24)6(3-21)32-18)33-17-12(27)10(25)7(22)5(2-20)31-17/h4-29H,1-3H2/t4-,5-,6-,7-,8-,9-,10+,11+,12-,13-,14+,15-,16?,17-,18?/m1/s1. The van der Waals surface area contributed by atoms with Crippen LogP contribution in [-0.4, -0.2) is 168 Å². The Kier molecular flexibility index (Phi) is 9.54. The van der Waals surface area contributed by atoms with Crippen molar-refractivity contribution in [3.05, 3.63) is 0 Å². The molecule has 0 aromatic rings. The molecule has 3 heterocycles. The lowest BCUT2D eigenvalue weighted by atomic mass is 9.96. The maximum atomic E-state index is 10.7. The molecule has 0 aromatic carbocycles. The lowest BCUT2D eigenvalue weighted by Gasteiger charge is -2.47. The first-order valence-corrected chi connectivity index (χ1v) is 10.6. The van der Waals surface area contributed by atoms with E-state index in [2.05, 4.69) is 0 Å². The number of aliphatic hydroxyl groups is 11. The molecular weight excluding hydrogens is 472 g/mol. The largest absolute Gasteiger partial charge is 0.394 e. The van der Waals surface area contributed by atoms with Gasteiger partial charge in [-0.15, -0.1) is 0 Å². The van der Waals surface area contributed by atoms with Gasteiger partial charge >= 0.3 is 0 Å². The fourth-order valence-corrected chi connectivity index (χ4v) is 4.03. The van der Waals surface area contributed by atoms with Gasteiger partial charge in [0.2, 0.25) is 0 Å². The highest BCUT2D eigenvalue weighted by Gasteiger charge is 2.53. The van der Waals surface area contributed by atoms with E-state index in [4.69, 9.17) is 28.8 Å². The highest BCUT2D eigenvalue weighted by molar-refractivity contribution is 4.96. The Bertz CT molecular complexity index is 639. The van der Waals surface area contributed by atoms with Gasteiger partial charge < -0.3 is 79.9 Å². The SMILES string of the molecule is OC[C@H]1O[C@H](O[C@H]2[C@H](O)[C@@H](CO)OC(O[C@H]3C(O)O[C@H](CO)[C@@H](O)[C@@H]3O)[C@@H]2O)[C@H](O)[C@@H](O)[C@@H]1O. The van der Waals surface area contributed by atoms with Crippen LogP contribution in [0.25, 0.3) is 0 Å². The van der Waals surface area contributed by atoms with Crippen molar-refractivity contribution in [1.29, 1.82) is 0 Å². The molecule has 16 heteroatoms. The molecule has 34 heavy (non-hydrogen) atoms. The van der Waals surface area contributed by atoms with Gasteiger partial charge in [-0.1, -0.05) is 0 Å². The highest BCUT2D eigenvalue weighted by atomic mass is 16.8. The quantitative estimate of drug-likeness (QED) is 0.154. The van der Waals surface area contributed by atoms with Crippen molar-refractivity contribution in [1.82, 2.24) is 0 Å². The van der Waals surface area contributed by atoms with Gasteiger partial charge in [-0.25, -0.2) is 0 Å². The average molecular weight is 504 g/mol. The number of hydrogen-bond acceptors (Lipinski definition) is 16. The van der Waals surface area contributed by atoms with Crippen LogP contribution in [0.1, 0.15) is 0 Å². The Balaban J connectivity index is 1.76. The van der Waals surface area contributed by atoms with E-state index in [9.17, 15) is 51.1 Å². The maximum Gasteiger partial charge on any atom is 0.187 e. The van der Waals surface area contributed by atoms with E-state index < -0.39 is 112 Å². The van der Waals surface area contributed by atoms with Crippen molar-refractivity contribution in [2.75, 3.05) is 19.8 Å². The first-order chi connectivity index (χ1) is 16.0. The number of ether oxygens (including phenoxy) is 5. The molecular formula is C18H32O16. The molecule has 0 aromatic heterocycles. The fourth-order valence-electron chi connectivity index (χ4n) is 4.03. The predicted molar refractivity (Wildman–Crippen MR) is 101 cm³/mol. The molecule has 0 bridgehead atoms. The Hall–Kier alpha value is -0.640. The van der Waals surface area contributed by atoms with Gasteiger partial charge in [0.25, 0.3) is 0 Å². The molecule has 200 valence electrons. The minimum atomic E-state index is -1.92. The molecule has 3 fully saturated rings. The summed E-state index contributed by atoms with van der Waals surface area (Å²) in [5.74, 6) is 0. The third kappa shape index (κ3) is 5.37. The van der Waals surface area contributed by atoms with E-state index >= 15 is 0 Å². The lowest BCUT2D eigenvalue weighted by molar-refractivity contribution is -0.382. The summed E-state index contributed by atoms with van der Waals surface area (Å²) in [5.41, 5.74) is 0. The molecule has 0 aliphatic carbocycles. The second kappa shape index (κ2) is 11.6. The Morgan fingerprint density at radius 2 is 0.882 bits per heavy atom. The van der Waals surface area contributed by atoms with Crippen LogP contribution in [0.4, 0.5) is 0 Å². The van der Waals surface area contributed by atoms with Crippen molar-refractivity contribution in [3.63, 3.8) is 0 Å². The van der Waals surface area contributed by atoms with Crippen LogP contribution in [-0.2, 0) is 23.7 Å². The van der Waals surface area contributed by atoms with Crippen molar-refractivity contribution in [2.24, 2.45) is 0 Å². The molecule has 3 rings (SSSR count). The van der Waals surface area contributed by atoms with Crippen LogP contribution < -0.4 is 0 Å². The van der Waals surface area contributed by atoms with Crippen LogP contribution in [0, 0.1) is 0 Å². The lowest BCUT2D eigenvalue weighted by Crippen LogP contribution is -2.66. The van der Waals surface area contributed by atoms with Gasteiger partial charge in [-0.05, 0) is 0 Å². The molecule has 3 aliphatic rings. The molecule has 0 saturated carbocycles. The summed E-state index contributed by atoms with van der Waals surface area (Å²) in [6, 6.07) is 0. The van der Waals surface area contributed by atoms with E-state index in [1.807, 2.05) is 0 Å². The zero-order valence-electron chi connectivity index (χ0n) is 17.7. The van der Waals surface area contributed by atoms with E-state index in [1.165, 1.54) is 0 Å². The zero-order valence-corrected chi connectivity index (χ0v) is 17.7. The third-order valence-corrected chi connectivity index (χ3v) is 6.10. The summed E-state index contributed by atoms with van der Waals surface area (Å²) >= 11 is 0. The van der Waals surface area contributed by atoms with E-state index in [-0.39, 0.29) is 0 Å². The molecule has 11 N–H and O–H groups in total. The van der Waals surface area contributed by atoms with Gasteiger partial charge in [0.1, 0.15) is 73.2 Å². The predicted octanol–water partition coefficient (Wildman–Crippen LogP) is -7.57. The summed E-state index contributed by atoms with van der Waals surface area (Å²) in [4.78, 5) is 0. The summed E-state index contributed by atoms with van der Waals surface area (Å²) in [7, 11) is 0. The van der Waals surface area contributed by atoms with Crippen molar-refractivity contribution < 1.29 is 79.9 Å². The van der Waals surface area contributed by atoms with Gasteiger partial charge in [-0.2, -0.15) is 0 Å². The summed E-state index contributed by atoms with van der Waals surface area (Å²) < 4.78 is 26.2. The van der Waals surface area contributed by atoms with Crippen LogP contribution in [0.3, 0.4) is 0 Å². The number of hydrogen-bond donors (Lipinski definition) is 11. The minimum Gasteiger partial charge on any atom is -0.394 e. The molecule has 0 radical (unpaired) electrons. The molecule has 0 spiro atoms. The van der Waals surface area contributed by atoms with E-state index in [1.54, 1.807) is 0 Å². The van der Waals surface area contributed by atoms with E-state index in [0.29, 0.717) is 0 Å². The molecule has 16 nitrogen and oxygen atoms in total. The van der Waals surface area contributed by atoms with Crippen LogP contribution in [0.2, 0.25) is 0 Å². The maximum absolute atomic E-state index is 10.7. The molecule has 3 saturated heterocycles.